The first-order valence-corrected chi connectivity index (χ1v) is 11.7. The number of nitrogens with one attached hydrogen (secondary N) is 1. The number of hydrogen-bond acceptors (Lipinski definition) is 3. The Morgan fingerprint density at radius 1 is 1.21 bits per heavy atom. The Labute approximate surface area is 177 Å². The van der Waals surface area contributed by atoms with Gasteiger partial charge in [-0.05, 0) is 67.7 Å². The summed E-state index contributed by atoms with van der Waals surface area (Å²) >= 11 is 3.58. The molecule has 1 aliphatic carbocycles. The van der Waals surface area contributed by atoms with Gasteiger partial charge >= 0.3 is 0 Å². The van der Waals surface area contributed by atoms with Crippen LogP contribution >= 0.6 is 15.9 Å². The molecule has 28 heavy (non-hydrogen) atoms. The van der Waals surface area contributed by atoms with Crippen molar-refractivity contribution in [2.75, 3.05) is 19.8 Å². The van der Waals surface area contributed by atoms with Crippen molar-refractivity contribution in [3.05, 3.63) is 33.8 Å². The number of nitrogens with zero attached hydrogens (tertiary/aromatic N) is 1. The lowest BCUT2D eigenvalue weighted by Crippen LogP contribution is -2.48. The summed E-state index contributed by atoms with van der Waals surface area (Å²) in [6.07, 6.45) is 6.24. The molecule has 1 amide bonds. The molecule has 5 heteroatoms. The molecule has 1 saturated carbocycles. The molecule has 2 fully saturated rings. The molecule has 1 aromatic carbocycles. The van der Waals surface area contributed by atoms with Crippen molar-refractivity contribution in [1.82, 2.24) is 10.2 Å². The molecular formula is C23H33BrN2O2. The van der Waals surface area contributed by atoms with Crippen molar-refractivity contribution < 1.29 is 9.53 Å². The molecule has 0 spiro atoms. The third-order valence-electron chi connectivity index (χ3n) is 7.24. The number of benzene rings is 1. The van der Waals surface area contributed by atoms with E-state index in [9.17, 15) is 4.79 Å². The molecule has 0 radical (unpaired) electrons. The predicted molar refractivity (Wildman–Crippen MR) is 115 cm³/mol. The van der Waals surface area contributed by atoms with Gasteiger partial charge in [-0.2, -0.15) is 0 Å². The van der Waals surface area contributed by atoms with Crippen LogP contribution in [0.2, 0.25) is 0 Å². The van der Waals surface area contributed by atoms with Crippen molar-refractivity contribution in [3.8, 4) is 0 Å². The molecule has 4 nitrogen and oxygen atoms in total. The highest BCUT2D eigenvalue weighted by atomic mass is 79.9. The summed E-state index contributed by atoms with van der Waals surface area (Å²) in [5, 5.41) is 3.85. The van der Waals surface area contributed by atoms with Gasteiger partial charge < -0.3 is 15.0 Å². The maximum atomic E-state index is 13.8. The largest absolute Gasteiger partial charge is 0.381 e. The van der Waals surface area contributed by atoms with Crippen LogP contribution in [-0.4, -0.2) is 42.6 Å². The van der Waals surface area contributed by atoms with E-state index in [1.807, 2.05) is 0 Å². The van der Waals surface area contributed by atoms with E-state index >= 15 is 0 Å². The third-order valence-corrected chi connectivity index (χ3v) is 7.73. The number of halogens is 1. The second-order valence-corrected chi connectivity index (χ2v) is 10.1. The van der Waals surface area contributed by atoms with Crippen LogP contribution in [0.25, 0.3) is 0 Å². The van der Waals surface area contributed by atoms with E-state index in [4.69, 9.17) is 4.74 Å². The highest BCUT2D eigenvalue weighted by Gasteiger charge is 2.49. The first-order valence-electron chi connectivity index (χ1n) is 10.9. The average molecular weight is 449 g/mol. The quantitative estimate of drug-likeness (QED) is 0.746. The van der Waals surface area contributed by atoms with Gasteiger partial charge in [0.15, 0.2) is 0 Å². The van der Waals surface area contributed by atoms with Gasteiger partial charge in [0, 0.05) is 42.9 Å². The maximum Gasteiger partial charge on any atom is 0.229 e. The van der Waals surface area contributed by atoms with Crippen LogP contribution in [0.4, 0.5) is 0 Å². The Morgan fingerprint density at radius 2 is 2.00 bits per heavy atom. The molecule has 154 valence electrons. The summed E-state index contributed by atoms with van der Waals surface area (Å²) in [5.41, 5.74) is 2.46. The molecule has 1 N–H and O–H groups in total. The Kier molecular flexibility index (Phi) is 6.15. The minimum Gasteiger partial charge on any atom is -0.381 e. The lowest BCUT2D eigenvalue weighted by Gasteiger charge is -2.40. The fourth-order valence-corrected chi connectivity index (χ4v) is 5.80. The number of fused-ring (bicyclic) bond motifs is 1. The topological polar surface area (TPSA) is 41.6 Å². The van der Waals surface area contributed by atoms with Crippen molar-refractivity contribution in [2.45, 2.75) is 71.0 Å². The SMILES string of the molecule is CC(C)[C@]1(C(=O)N2CCc3ccc(Br)cc3C2)CC[C@@H](NC2CCOCC2)C1. The minimum atomic E-state index is -0.216. The van der Waals surface area contributed by atoms with Gasteiger partial charge in [0.25, 0.3) is 0 Å². The smallest absolute Gasteiger partial charge is 0.229 e. The molecule has 0 aromatic heterocycles. The Morgan fingerprint density at radius 3 is 2.75 bits per heavy atom. The highest BCUT2D eigenvalue weighted by Crippen LogP contribution is 2.46. The second kappa shape index (κ2) is 8.45. The first-order chi connectivity index (χ1) is 13.5. The number of ether oxygens (including phenoxy) is 1. The zero-order valence-electron chi connectivity index (χ0n) is 17.2. The molecule has 0 bridgehead atoms. The van der Waals surface area contributed by atoms with E-state index in [2.05, 4.69) is 58.2 Å². The number of amides is 1. The van der Waals surface area contributed by atoms with Gasteiger partial charge in [-0.3, -0.25) is 4.79 Å². The van der Waals surface area contributed by atoms with Crippen LogP contribution in [-0.2, 0) is 22.5 Å². The minimum absolute atomic E-state index is 0.216. The summed E-state index contributed by atoms with van der Waals surface area (Å²) in [4.78, 5) is 15.9. The summed E-state index contributed by atoms with van der Waals surface area (Å²) in [7, 11) is 0. The maximum absolute atomic E-state index is 13.8. The lowest BCUT2D eigenvalue weighted by molar-refractivity contribution is -0.145. The monoisotopic (exact) mass is 448 g/mol. The zero-order valence-corrected chi connectivity index (χ0v) is 18.8. The summed E-state index contributed by atoms with van der Waals surface area (Å²) in [6, 6.07) is 7.50. The Bertz CT molecular complexity index is 717. The molecule has 2 atom stereocenters. The van der Waals surface area contributed by atoms with Gasteiger partial charge in [-0.1, -0.05) is 35.8 Å². The molecule has 0 unspecified atom stereocenters. The van der Waals surface area contributed by atoms with Crippen LogP contribution in [0.5, 0.6) is 0 Å². The van der Waals surface area contributed by atoms with Crippen molar-refractivity contribution >= 4 is 21.8 Å². The summed E-state index contributed by atoms with van der Waals surface area (Å²) in [5.74, 6) is 0.745. The zero-order chi connectivity index (χ0) is 19.7. The molecule has 1 aromatic rings. The third kappa shape index (κ3) is 4.03. The van der Waals surface area contributed by atoms with Gasteiger partial charge in [-0.15, -0.1) is 0 Å². The number of rotatable bonds is 4. The lowest BCUT2D eigenvalue weighted by atomic mass is 9.73. The van der Waals surface area contributed by atoms with Crippen molar-refractivity contribution in [2.24, 2.45) is 11.3 Å². The molecule has 2 aliphatic heterocycles. The Hall–Kier alpha value is -0.910. The van der Waals surface area contributed by atoms with Crippen molar-refractivity contribution in [1.29, 1.82) is 0 Å². The van der Waals surface area contributed by atoms with E-state index in [1.54, 1.807) is 0 Å². The van der Waals surface area contributed by atoms with E-state index in [1.165, 1.54) is 11.1 Å². The Balaban J connectivity index is 1.46. The van der Waals surface area contributed by atoms with E-state index < -0.39 is 0 Å². The number of carbonyl (C=O) groups is 1. The molecule has 4 rings (SSSR count). The first kappa shape index (κ1) is 20.4. The average Bonchev–Trinajstić information content (AvgIpc) is 3.13. The molecular weight excluding hydrogens is 416 g/mol. The standard InChI is InChI=1S/C23H33BrN2O2/c1-16(2)23(9-5-21(14-23)25-20-7-11-28-12-8-20)22(27)26-10-6-17-3-4-19(24)13-18(17)15-26/h3-4,13,16,20-21,25H,5-12,14-15H2,1-2H3/t21-,23+/m1/s1. The highest BCUT2D eigenvalue weighted by molar-refractivity contribution is 9.10. The van der Waals surface area contributed by atoms with E-state index in [-0.39, 0.29) is 5.41 Å². The van der Waals surface area contributed by atoms with Gasteiger partial charge in [-0.25, -0.2) is 0 Å². The van der Waals surface area contributed by atoms with Gasteiger partial charge in [0.1, 0.15) is 0 Å². The van der Waals surface area contributed by atoms with Gasteiger partial charge in [0.05, 0.1) is 5.41 Å². The fraction of sp³-hybridized carbons (Fsp3) is 0.696. The molecule has 2 heterocycles. The van der Waals surface area contributed by atoms with Gasteiger partial charge in [0.2, 0.25) is 5.91 Å². The summed E-state index contributed by atoms with van der Waals surface area (Å²) in [6.45, 7) is 7.80. The summed E-state index contributed by atoms with van der Waals surface area (Å²) < 4.78 is 6.59. The van der Waals surface area contributed by atoms with Crippen LogP contribution < -0.4 is 5.32 Å². The number of carbonyl (C=O) groups excluding carboxylic acids is 1. The second-order valence-electron chi connectivity index (χ2n) is 9.19. The van der Waals surface area contributed by atoms with E-state index in [0.717, 1.165) is 69.3 Å². The molecule has 3 aliphatic rings. The molecule has 1 saturated heterocycles. The number of hydrogen-bond donors (Lipinski definition) is 1. The van der Waals surface area contributed by atoms with Crippen LogP contribution in [0.15, 0.2) is 22.7 Å². The van der Waals surface area contributed by atoms with E-state index in [0.29, 0.717) is 23.9 Å². The van der Waals surface area contributed by atoms with Crippen LogP contribution in [0, 0.1) is 11.3 Å². The fourth-order valence-electron chi connectivity index (χ4n) is 5.39. The normalized spacial score (nSPS) is 28.6. The van der Waals surface area contributed by atoms with Crippen molar-refractivity contribution in [3.63, 3.8) is 0 Å². The van der Waals surface area contributed by atoms with Crippen LogP contribution in [0.3, 0.4) is 0 Å². The van der Waals surface area contributed by atoms with Crippen LogP contribution in [0.1, 0.15) is 57.1 Å². The predicted octanol–water partition coefficient (Wildman–Crippen LogP) is 4.30.